The number of hydrogen-bond donors (Lipinski definition) is 1. The second-order valence-corrected chi connectivity index (χ2v) is 9.38. The first-order valence-electron chi connectivity index (χ1n) is 12.2. The molecule has 2 aliphatic rings. The summed E-state index contributed by atoms with van der Waals surface area (Å²) in [5.74, 6) is 0. The van der Waals surface area contributed by atoms with Crippen LogP contribution >= 0.6 is 0 Å². The highest BCUT2D eigenvalue weighted by atomic mass is 16.3. The van der Waals surface area contributed by atoms with Crippen molar-refractivity contribution in [1.29, 1.82) is 0 Å². The summed E-state index contributed by atoms with van der Waals surface area (Å²) in [6, 6.07) is 8.65. The van der Waals surface area contributed by atoms with Crippen LogP contribution in [0.5, 0.6) is 0 Å². The fourth-order valence-electron chi connectivity index (χ4n) is 4.89. The van der Waals surface area contributed by atoms with Gasteiger partial charge in [0.05, 0.1) is 0 Å². The second-order valence-electron chi connectivity index (χ2n) is 9.38. The van der Waals surface area contributed by atoms with Crippen LogP contribution in [0, 0.1) is 0 Å². The monoisotopic (exact) mass is 437 g/mol. The highest BCUT2D eigenvalue weighted by Gasteiger charge is 2.30. The molecule has 1 aromatic heterocycles. The number of rotatable bonds is 8. The Hall–Kier alpha value is -2.15. The number of fused-ring (bicyclic) bond motifs is 1. The van der Waals surface area contributed by atoms with E-state index in [1.807, 2.05) is 0 Å². The summed E-state index contributed by atoms with van der Waals surface area (Å²) in [5, 5.41) is 16.1. The molecule has 0 amide bonds. The van der Waals surface area contributed by atoms with Gasteiger partial charge in [0.1, 0.15) is 5.69 Å². The SMILES string of the molecule is CCCn1nc(C(O)N2CCCCC2)c2c1CCN(C/C=C/c1ccc(N(C)C)cc1)C2. The van der Waals surface area contributed by atoms with Gasteiger partial charge in [-0.2, -0.15) is 5.10 Å². The Kier molecular flexibility index (Phi) is 7.66. The molecule has 1 saturated heterocycles. The third kappa shape index (κ3) is 5.25. The van der Waals surface area contributed by atoms with Crippen molar-refractivity contribution in [3.8, 4) is 0 Å². The molecule has 174 valence electrons. The van der Waals surface area contributed by atoms with Crippen LogP contribution in [-0.4, -0.2) is 65.0 Å². The largest absolute Gasteiger partial charge is 0.378 e. The maximum Gasteiger partial charge on any atom is 0.152 e. The number of aliphatic hydroxyl groups is 1. The Morgan fingerprint density at radius 2 is 1.84 bits per heavy atom. The van der Waals surface area contributed by atoms with Crippen LogP contribution in [0.1, 0.15) is 61.3 Å². The molecule has 6 heteroatoms. The predicted octanol–water partition coefficient (Wildman–Crippen LogP) is 3.91. The molecule has 1 aromatic carbocycles. The summed E-state index contributed by atoms with van der Waals surface area (Å²) >= 11 is 0. The van der Waals surface area contributed by atoms with E-state index in [-0.39, 0.29) is 0 Å². The van der Waals surface area contributed by atoms with E-state index in [0.29, 0.717) is 0 Å². The first-order chi connectivity index (χ1) is 15.6. The molecule has 0 radical (unpaired) electrons. The number of benzene rings is 1. The number of likely N-dealkylation sites (tertiary alicyclic amines) is 1. The van der Waals surface area contributed by atoms with Crippen LogP contribution in [-0.2, 0) is 19.5 Å². The molecule has 3 heterocycles. The summed E-state index contributed by atoms with van der Waals surface area (Å²) in [7, 11) is 4.13. The fraction of sp³-hybridized carbons (Fsp3) is 0.577. The Balaban J connectivity index is 1.45. The Morgan fingerprint density at radius 3 is 2.53 bits per heavy atom. The van der Waals surface area contributed by atoms with Crippen LogP contribution < -0.4 is 4.90 Å². The average Bonchev–Trinajstić information content (AvgIpc) is 3.17. The Labute approximate surface area is 193 Å². The van der Waals surface area contributed by atoms with Crippen LogP contribution in [0.2, 0.25) is 0 Å². The molecule has 0 aliphatic carbocycles. The van der Waals surface area contributed by atoms with Crippen molar-refractivity contribution in [2.24, 2.45) is 0 Å². The van der Waals surface area contributed by atoms with Crippen molar-refractivity contribution < 1.29 is 5.11 Å². The lowest BCUT2D eigenvalue weighted by molar-refractivity contribution is -0.0142. The maximum atomic E-state index is 11.2. The van der Waals surface area contributed by atoms with E-state index in [0.717, 1.165) is 57.8 Å². The molecular formula is C26H39N5O. The van der Waals surface area contributed by atoms with E-state index in [2.05, 4.69) is 76.8 Å². The molecule has 6 nitrogen and oxygen atoms in total. The van der Waals surface area contributed by atoms with Crippen molar-refractivity contribution in [2.45, 2.75) is 58.3 Å². The molecule has 32 heavy (non-hydrogen) atoms. The van der Waals surface area contributed by atoms with Gasteiger partial charge in [-0.25, -0.2) is 0 Å². The zero-order valence-electron chi connectivity index (χ0n) is 20.0. The van der Waals surface area contributed by atoms with Gasteiger partial charge >= 0.3 is 0 Å². The van der Waals surface area contributed by atoms with E-state index in [1.165, 1.54) is 41.8 Å². The standard InChI is InChI=1S/C26H39N5O/c1-4-15-31-24-14-19-29(16-8-9-21-10-12-22(13-11-21)28(2)3)20-23(24)25(27-31)26(32)30-17-6-5-7-18-30/h8-13,26,32H,4-7,14-20H2,1-3H3/b9-8+. The highest BCUT2D eigenvalue weighted by molar-refractivity contribution is 5.55. The summed E-state index contributed by atoms with van der Waals surface area (Å²) in [4.78, 5) is 6.80. The quantitative estimate of drug-likeness (QED) is 0.679. The topological polar surface area (TPSA) is 47.8 Å². The minimum atomic E-state index is -0.576. The number of piperidine rings is 1. The molecule has 1 atom stereocenters. The number of aryl methyl sites for hydroxylation is 1. The van der Waals surface area contributed by atoms with Gasteiger partial charge in [-0.3, -0.25) is 14.5 Å². The molecule has 0 bridgehead atoms. The van der Waals surface area contributed by atoms with Gasteiger partial charge in [0, 0.05) is 76.7 Å². The van der Waals surface area contributed by atoms with E-state index in [9.17, 15) is 5.11 Å². The molecule has 0 saturated carbocycles. The van der Waals surface area contributed by atoms with E-state index < -0.39 is 6.23 Å². The molecule has 1 N–H and O–H groups in total. The number of hydrogen-bond acceptors (Lipinski definition) is 5. The normalized spacial score (nSPS) is 18.8. The van der Waals surface area contributed by atoms with Crippen molar-refractivity contribution >= 4 is 11.8 Å². The first kappa shape index (κ1) is 23.0. The Morgan fingerprint density at radius 1 is 1.09 bits per heavy atom. The molecule has 4 rings (SSSR count). The lowest BCUT2D eigenvalue weighted by atomic mass is 10.0. The molecular weight excluding hydrogens is 398 g/mol. The van der Waals surface area contributed by atoms with Crippen LogP contribution in [0.3, 0.4) is 0 Å². The number of aliphatic hydroxyl groups excluding tert-OH is 1. The van der Waals surface area contributed by atoms with Gasteiger partial charge in [0.2, 0.25) is 0 Å². The third-order valence-corrected chi connectivity index (χ3v) is 6.74. The van der Waals surface area contributed by atoms with Crippen LogP contribution in [0.15, 0.2) is 30.3 Å². The highest BCUT2D eigenvalue weighted by Crippen LogP contribution is 2.30. The molecule has 1 unspecified atom stereocenters. The third-order valence-electron chi connectivity index (χ3n) is 6.74. The maximum absolute atomic E-state index is 11.2. The van der Waals surface area contributed by atoms with E-state index >= 15 is 0 Å². The number of aromatic nitrogens is 2. The summed E-state index contributed by atoms with van der Waals surface area (Å²) in [6.45, 7) is 7.87. The minimum Gasteiger partial charge on any atom is -0.378 e. The van der Waals surface area contributed by atoms with Crippen molar-refractivity contribution in [3.63, 3.8) is 0 Å². The lowest BCUT2D eigenvalue weighted by Crippen LogP contribution is -2.35. The first-order valence-corrected chi connectivity index (χ1v) is 12.2. The summed E-state index contributed by atoms with van der Waals surface area (Å²) in [5.41, 5.74) is 5.92. The van der Waals surface area contributed by atoms with Crippen molar-refractivity contribution in [1.82, 2.24) is 19.6 Å². The van der Waals surface area contributed by atoms with Gasteiger partial charge in [-0.1, -0.05) is 37.6 Å². The lowest BCUT2D eigenvalue weighted by Gasteiger charge is -2.32. The van der Waals surface area contributed by atoms with Crippen molar-refractivity contribution in [3.05, 3.63) is 52.9 Å². The zero-order valence-corrected chi connectivity index (χ0v) is 20.0. The fourth-order valence-corrected chi connectivity index (χ4v) is 4.89. The van der Waals surface area contributed by atoms with Gasteiger partial charge in [-0.15, -0.1) is 0 Å². The van der Waals surface area contributed by atoms with Crippen LogP contribution in [0.4, 0.5) is 5.69 Å². The summed E-state index contributed by atoms with van der Waals surface area (Å²) < 4.78 is 2.16. The average molecular weight is 438 g/mol. The van der Waals surface area contributed by atoms with Gasteiger partial charge in [-0.05, 0) is 37.0 Å². The smallest absolute Gasteiger partial charge is 0.152 e. The molecule has 2 aliphatic heterocycles. The minimum absolute atomic E-state index is 0.576. The Bertz CT molecular complexity index is 896. The van der Waals surface area contributed by atoms with E-state index in [4.69, 9.17) is 5.10 Å². The van der Waals surface area contributed by atoms with Gasteiger partial charge < -0.3 is 10.0 Å². The second kappa shape index (κ2) is 10.6. The van der Waals surface area contributed by atoms with Crippen molar-refractivity contribution in [2.75, 3.05) is 45.2 Å². The predicted molar refractivity (Wildman–Crippen MR) is 132 cm³/mol. The molecule has 2 aromatic rings. The number of nitrogens with zero attached hydrogens (tertiary/aromatic N) is 5. The number of anilines is 1. The molecule has 0 spiro atoms. The molecule has 1 fully saturated rings. The van der Waals surface area contributed by atoms with Gasteiger partial charge in [0.25, 0.3) is 0 Å². The summed E-state index contributed by atoms with van der Waals surface area (Å²) in [6.07, 6.45) is 9.55. The van der Waals surface area contributed by atoms with E-state index in [1.54, 1.807) is 0 Å². The zero-order chi connectivity index (χ0) is 22.5. The van der Waals surface area contributed by atoms with Gasteiger partial charge in [0.15, 0.2) is 6.23 Å². The van der Waals surface area contributed by atoms with Crippen LogP contribution in [0.25, 0.3) is 6.08 Å².